The summed E-state index contributed by atoms with van der Waals surface area (Å²) in [6.07, 6.45) is 2.02. The fourth-order valence-corrected chi connectivity index (χ4v) is 6.48. The maximum Gasteiger partial charge on any atom is 0.144 e. The summed E-state index contributed by atoms with van der Waals surface area (Å²) in [5, 5.41) is 2.21. The van der Waals surface area contributed by atoms with Gasteiger partial charge in [0.25, 0.3) is 0 Å². The van der Waals surface area contributed by atoms with Crippen molar-refractivity contribution in [2.24, 2.45) is 0 Å². The Hall–Kier alpha value is -5.54. The zero-order valence-corrected chi connectivity index (χ0v) is 22.0. The molecule has 0 saturated carbocycles. The fourth-order valence-electron chi connectivity index (χ4n) is 6.48. The molecule has 0 spiro atoms. The molecule has 0 bridgehead atoms. The van der Waals surface area contributed by atoms with E-state index in [-0.39, 0.29) is 0 Å². The average Bonchev–Trinajstić information content (AvgIpc) is 3.42. The van der Waals surface area contributed by atoms with E-state index in [1.165, 1.54) is 22.3 Å². The molecule has 9 rings (SSSR count). The third kappa shape index (κ3) is 3.20. The molecule has 190 valence electrons. The first-order valence-corrected chi connectivity index (χ1v) is 13.8. The lowest BCUT2D eigenvalue weighted by molar-refractivity contribution is 0.670. The minimum Gasteiger partial charge on any atom is -0.455 e. The van der Waals surface area contributed by atoms with Crippen LogP contribution >= 0.6 is 0 Å². The van der Waals surface area contributed by atoms with Gasteiger partial charge in [0, 0.05) is 33.7 Å². The first-order valence-electron chi connectivity index (χ1n) is 13.8. The van der Waals surface area contributed by atoms with Crippen LogP contribution in [-0.2, 0) is 0 Å². The summed E-state index contributed by atoms with van der Waals surface area (Å²) >= 11 is 0. The molecule has 1 aliphatic carbocycles. The quantitative estimate of drug-likeness (QED) is 0.215. The van der Waals surface area contributed by atoms with Crippen LogP contribution in [0.25, 0.3) is 88.7 Å². The molecular formula is C38H22N2O. The van der Waals surface area contributed by atoms with Gasteiger partial charge in [-0.25, -0.2) is 4.98 Å². The number of benzene rings is 5. The second kappa shape index (κ2) is 8.48. The SMILES string of the molecule is c1ccc2c(c1)-c1ccccc1-c1cnc3ccc(-c4cccc5c4oc4ccccc45)nc3c1-c1ccccc1-2. The van der Waals surface area contributed by atoms with E-state index in [0.29, 0.717) is 0 Å². The number of aromatic nitrogens is 2. The maximum absolute atomic E-state index is 6.39. The Balaban J connectivity index is 1.39. The molecule has 0 N–H and O–H groups in total. The molecule has 0 aliphatic heterocycles. The van der Waals surface area contributed by atoms with E-state index in [1.54, 1.807) is 0 Å². The Morgan fingerprint density at radius 2 is 1.00 bits per heavy atom. The van der Waals surface area contributed by atoms with Crippen molar-refractivity contribution in [3.8, 4) is 55.8 Å². The van der Waals surface area contributed by atoms with Crippen LogP contribution in [0.4, 0.5) is 0 Å². The lowest BCUT2D eigenvalue weighted by Crippen LogP contribution is -2.00. The number of hydrogen-bond acceptors (Lipinski definition) is 3. The van der Waals surface area contributed by atoms with Gasteiger partial charge < -0.3 is 4.42 Å². The zero-order chi connectivity index (χ0) is 26.9. The summed E-state index contributed by atoms with van der Waals surface area (Å²) in [5.41, 5.74) is 14.7. The number of rotatable bonds is 1. The molecule has 5 aromatic carbocycles. The molecule has 0 saturated heterocycles. The normalized spacial score (nSPS) is 11.9. The first-order chi connectivity index (χ1) is 20.3. The molecule has 0 atom stereocenters. The second-order valence-electron chi connectivity index (χ2n) is 10.5. The summed E-state index contributed by atoms with van der Waals surface area (Å²) in [7, 11) is 0. The summed E-state index contributed by atoms with van der Waals surface area (Å²) < 4.78 is 6.39. The van der Waals surface area contributed by atoms with Gasteiger partial charge in [-0.3, -0.25) is 4.98 Å². The largest absolute Gasteiger partial charge is 0.455 e. The molecule has 3 heteroatoms. The number of furan rings is 1. The first kappa shape index (κ1) is 22.3. The number of fused-ring (bicyclic) bond motifs is 13. The van der Waals surface area contributed by atoms with Crippen LogP contribution < -0.4 is 0 Å². The Morgan fingerprint density at radius 3 is 1.73 bits per heavy atom. The van der Waals surface area contributed by atoms with E-state index in [1.807, 2.05) is 18.3 Å². The highest BCUT2D eigenvalue weighted by Gasteiger charge is 2.24. The van der Waals surface area contributed by atoms with Gasteiger partial charge in [0.05, 0.1) is 16.7 Å². The number of nitrogens with zero attached hydrogens (tertiary/aromatic N) is 2. The minimum absolute atomic E-state index is 0.854. The standard InChI is InChI=1S/C38H22N2O/c1-2-11-24-23(10-1)25-12-3-4-14-27(25)32-22-39-34-21-20-33(40-37(34)36(32)29-16-6-5-13-26(24)29)31-18-9-17-30-28-15-7-8-19-35(28)41-38(30)31/h1-22H. The van der Waals surface area contributed by atoms with Crippen LogP contribution in [-0.4, -0.2) is 9.97 Å². The highest BCUT2D eigenvalue weighted by atomic mass is 16.3. The molecule has 41 heavy (non-hydrogen) atoms. The minimum atomic E-state index is 0.854. The van der Waals surface area contributed by atoms with E-state index >= 15 is 0 Å². The van der Waals surface area contributed by atoms with Gasteiger partial charge in [0.2, 0.25) is 0 Å². The Kier molecular flexibility index (Phi) is 4.61. The summed E-state index contributed by atoms with van der Waals surface area (Å²) in [5.74, 6) is 0. The molecule has 1 aliphatic rings. The molecular weight excluding hydrogens is 500 g/mol. The van der Waals surface area contributed by atoms with Crippen molar-refractivity contribution < 1.29 is 4.42 Å². The predicted octanol–water partition coefficient (Wildman–Crippen LogP) is 10.2. The Labute approximate surface area is 236 Å². The van der Waals surface area contributed by atoms with Crippen LogP contribution in [0.3, 0.4) is 0 Å². The molecule has 0 unspecified atom stereocenters. The van der Waals surface area contributed by atoms with E-state index in [9.17, 15) is 0 Å². The molecule has 0 amide bonds. The number of hydrogen-bond donors (Lipinski definition) is 0. The van der Waals surface area contributed by atoms with Gasteiger partial charge in [-0.05, 0) is 57.6 Å². The molecule has 3 heterocycles. The maximum atomic E-state index is 6.39. The van der Waals surface area contributed by atoms with Crippen molar-refractivity contribution >= 4 is 33.0 Å². The van der Waals surface area contributed by atoms with Crippen LogP contribution in [0.2, 0.25) is 0 Å². The van der Waals surface area contributed by atoms with E-state index in [4.69, 9.17) is 14.4 Å². The molecule has 3 aromatic heterocycles. The molecule has 3 nitrogen and oxygen atoms in total. The van der Waals surface area contributed by atoms with Crippen molar-refractivity contribution in [1.82, 2.24) is 9.97 Å². The summed E-state index contributed by atoms with van der Waals surface area (Å²) in [6, 6.07) is 44.6. The molecule has 0 radical (unpaired) electrons. The highest BCUT2D eigenvalue weighted by Crippen LogP contribution is 2.49. The van der Waals surface area contributed by atoms with Crippen molar-refractivity contribution in [3.05, 3.63) is 134 Å². The van der Waals surface area contributed by atoms with Crippen molar-refractivity contribution in [2.45, 2.75) is 0 Å². The number of para-hydroxylation sites is 2. The summed E-state index contributed by atoms with van der Waals surface area (Å²) in [4.78, 5) is 10.3. The van der Waals surface area contributed by atoms with Gasteiger partial charge >= 0.3 is 0 Å². The zero-order valence-electron chi connectivity index (χ0n) is 22.0. The topological polar surface area (TPSA) is 38.9 Å². The van der Waals surface area contributed by atoms with Gasteiger partial charge in [0.1, 0.15) is 11.2 Å². The molecule has 0 fully saturated rings. The monoisotopic (exact) mass is 522 g/mol. The number of pyridine rings is 2. The van der Waals surface area contributed by atoms with Gasteiger partial charge in [-0.1, -0.05) is 103 Å². The second-order valence-corrected chi connectivity index (χ2v) is 10.5. The lowest BCUT2D eigenvalue weighted by atomic mass is 9.81. The highest BCUT2D eigenvalue weighted by molar-refractivity contribution is 6.11. The average molecular weight is 523 g/mol. The van der Waals surface area contributed by atoms with Crippen LogP contribution in [0, 0.1) is 0 Å². The van der Waals surface area contributed by atoms with Crippen LogP contribution in [0.5, 0.6) is 0 Å². The van der Waals surface area contributed by atoms with Crippen molar-refractivity contribution in [3.63, 3.8) is 0 Å². The van der Waals surface area contributed by atoms with Crippen LogP contribution in [0.1, 0.15) is 0 Å². The van der Waals surface area contributed by atoms with Gasteiger partial charge in [0.15, 0.2) is 0 Å². The van der Waals surface area contributed by atoms with Crippen molar-refractivity contribution in [2.75, 3.05) is 0 Å². The fraction of sp³-hybridized carbons (Fsp3) is 0. The smallest absolute Gasteiger partial charge is 0.144 e. The van der Waals surface area contributed by atoms with E-state index in [2.05, 4.69) is 115 Å². The lowest BCUT2D eigenvalue weighted by Gasteiger charge is -2.23. The Bertz CT molecular complexity index is 2320. The van der Waals surface area contributed by atoms with Gasteiger partial charge in [-0.15, -0.1) is 0 Å². The van der Waals surface area contributed by atoms with Crippen molar-refractivity contribution in [1.29, 1.82) is 0 Å². The van der Waals surface area contributed by atoms with Crippen LogP contribution in [0.15, 0.2) is 138 Å². The predicted molar refractivity (Wildman–Crippen MR) is 168 cm³/mol. The van der Waals surface area contributed by atoms with E-state index in [0.717, 1.165) is 66.5 Å². The molecule has 8 aromatic rings. The third-order valence-electron chi connectivity index (χ3n) is 8.31. The van der Waals surface area contributed by atoms with Gasteiger partial charge in [-0.2, -0.15) is 0 Å². The summed E-state index contributed by atoms with van der Waals surface area (Å²) in [6.45, 7) is 0. The van der Waals surface area contributed by atoms with E-state index < -0.39 is 0 Å². The Morgan fingerprint density at radius 1 is 0.439 bits per heavy atom. The third-order valence-corrected chi connectivity index (χ3v) is 8.31.